The molecule has 0 spiro atoms. The fourth-order valence-electron chi connectivity index (χ4n) is 3.80. The summed E-state index contributed by atoms with van der Waals surface area (Å²) in [5, 5.41) is 4.22. The second-order valence-electron chi connectivity index (χ2n) is 6.89. The average Bonchev–Trinajstić information content (AvgIpc) is 2.96. The molecule has 2 amide bonds. The molecular weight excluding hydrogens is 296 g/mol. The Kier molecular flexibility index (Phi) is 3.68. The van der Waals surface area contributed by atoms with Crippen LogP contribution in [0.5, 0.6) is 0 Å². The van der Waals surface area contributed by atoms with Crippen molar-refractivity contribution in [3.8, 4) is 0 Å². The maximum absolute atomic E-state index is 12.9. The van der Waals surface area contributed by atoms with Crippen LogP contribution in [0.4, 0.5) is 0 Å². The summed E-state index contributed by atoms with van der Waals surface area (Å²) < 4.78 is 0. The molecule has 0 aromatic carbocycles. The lowest BCUT2D eigenvalue weighted by molar-refractivity contribution is -0.136. The third kappa shape index (κ3) is 2.67. The number of hydrogen-bond donors (Lipinski definition) is 0. The Bertz CT molecular complexity index is 567. The first-order valence-electron chi connectivity index (χ1n) is 8.32. The molecule has 2 aliphatic heterocycles. The van der Waals surface area contributed by atoms with Crippen LogP contribution in [0.3, 0.4) is 0 Å². The van der Waals surface area contributed by atoms with Gasteiger partial charge in [-0.25, -0.2) is 0 Å². The van der Waals surface area contributed by atoms with Crippen molar-refractivity contribution < 1.29 is 9.59 Å². The summed E-state index contributed by atoms with van der Waals surface area (Å²) in [5.41, 5.74) is 1.26. The highest BCUT2D eigenvalue weighted by atomic mass is 32.1. The Morgan fingerprint density at radius 1 is 1.32 bits per heavy atom. The molecule has 1 aliphatic carbocycles. The number of rotatable bonds is 4. The van der Waals surface area contributed by atoms with Gasteiger partial charge in [-0.3, -0.25) is 9.59 Å². The van der Waals surface area contributed by atoms with Gasteiger partial charge in [0.1, 0.15) is 0 Å². The average molecular weight is 318 g/mol. The lowest BCUT2D eigenvalue weighted by atomic mass is 10.0. The fourth-order valence-corrected chi connectivity index (χ4v) is 4.51. The molecule has 0 bridgehead atoms. The molecule has 1 aromatic heterocycles. The molecule has 3 aliphatic rings. The molecule has 2 saturated heterocycles. The van der Waals surface area contributed by atoms with E-state index in [1.165, 1.54) is 18.4 Å². The number of nitrogens with zero attached hydrogens (tertiary/aromatic N) is 2. The molecule has 0 unspecified atom stereocenters. The molecule has 0 N–H and O–H groups in total. The van der Waals surface area contributed by atoms with Gasteiger partial charge in [-0.15, -0.1) is 0 Å². The minimum Gasteiger partial charge on any atom is -0.342 e. The molecule has 118 valence electrons. The summed E-state index contributed by atoms with van der Waals surface area (Å²) in [6, 6.07) is 2.35. The molecule has 3 fully saturated rings. The predicted octanol–water partition coefficient (Wildman–Crippen LogP) is 2.67. The maximum Gasteiger partial charge on any atom is 0.228 e. The molecule has 22 heavy (non-hydrogen) atoms. The highest BCUT2D eigenvalue weighted by Crippen LogP contribution is 2.36. The van der Waals surface area contributed by atoms with Crippen LogP contribution in [0.2, 0.25) is 0 Å². The van der Waals surface area contributed by atoms with Gasteiger partial charge in [0, 0.05) is 26.1 Å². The molecule has 4 rings (SSSR count). The van der Waals surface area contributed by atoms with Gasteiger partial charge in [-0.1, -0.05) is 0 Å². The Labute approximate surface area is 135 Å². The van der Waals surface area contributed by atoms with Crippen molar-refractivity contribution in [2.45, 2.75) is 38.1 Å². The van der Waals surface area contributed by atoms with E-state index in [9.17, 15) is 9.59 Å². The zero-order valence-corrected chi connectivity index (χ0v) is 13.6. The maximum atomic E-state index is 12.9. The van der Waals surface area contributed by atoms with Gasteiger partial charge >= 0.3 is 0 Å². The van der Waals surface area contributed by atoms with Crippen molar-refractivity contribution in [1.82, 2.24) is 9.80 Å². The molecule has 0 radical (unpaired) electrons. The Morgan fingerprint density at radius 3 is 2.91 bits per heavy atom. The Hall–Kier alpha value is -1.36. The molecule has 3 heterocycles. The second-order valence-corrected chi connectivity index (χ2v) is 7.67. The SMILES string of the molecule is O=C1C[C@@H](C(=O)N2CCC[C@H]2c2ccsc2)CN1CC1CC1. The van der Waals surface area contributed by atoms with Crippen LogP contribution in [0, 0.1) is 11.8 Å². The minimum absolute atomic E-state index is 0.120. The van der Waals surface area contributed by atoms with E-state index in [1.54, 1.807) is 11.3 Å². The van der Waals surface area contributed by atoms with Crippen molar-refractivity contribution in [2.75, 3.05) is 19.6 Å². The van der Waals surface area contributed by atoms with E-state index in [0.29, 0.717) is 18.9 Å². The summed E-state index contributed by atoms with van der Waals surface area (Å²) >= 11 is 1.69. The lowest BCUT2D eigenvalue weighted by Crippen LogP contribution is -2.37. The van der Waals surface area contributed by atoms with Crippen LogP contribution >= 0.6 is 11.3 Å². The number of carbonyl (C=O) groups is 2. The van der Waals surface area contributed by atoms with Gasteiger partial charge in [-0.05, 0) is 54.0 Å². The van der Waals surface area contributed by atoms with Crippen molar-refractivity contribution in [2.24, 2.45) is 11.8 Å². The summed E-state index contributed by atoms with van der Waals surface area (Å²) in [6.45, 7) is 2.35. The summed E-state index contributed by atoms with van der Waals surface area (Å²) in [6.07, 6.45) is 5.02. The van der Waals surface area contributed by atoms with E-state index >= 15 is 0 Å². The van der Waals surface area contributed by atoms with E-state index in [1.807, 2.05) is 9.80 Å². The highest BCUT2D eigenvalue weighted by Gasteiger charge is 2.41. The van der Waals surface area contributed by atoms with Gasteiger partial charge in [0.25, 0.3) is 0 Å². The molecule has 2 atom stereocenters. The summed E-state index contributed by atoms with van der Waals surface area (Å²) in [4.78, 5) is 29.0. The first-order valence-corrected chi connectivity index (χ1v) is 9.27. The lowest BCUT2D eigenvalue weighted by Gasteiger charge is -2.27. The number of thiophene rings is 1. The van der Waals surface area contributed by atoms with Crippen molar-refractivity contribution in [3.63, 3.8) is 0 Å². The van der Waals surface area contributed by atoms with E-state index in [0.717, 1.165) is 25.9 Å². The van der Waals surface area contributed by atoms with E-state index in [-0.39, 0.29) is 23.8 Å². The van der Waals surface area contributed by atoms with Gasteiger partial charge < -0.3 is 9.80 Å². The van der Waals surface area contributed by atoms with Gasteiger partial charge in [0.15, 0.2) is 0 Å². The van der Waals surface area contributed by atoms with Crippen LogP contribution in [-0.4, -0.2) is 41.2 Å². The van der Waals surface area contributed by atoms with Gasteiger partial charge in [0.2, 0.25) is 11.8 Å². The molecule has 4 nitrogen and oxygen atoms in total. The van der Waals surface area contributed by atoms with Gasteiger partial charge in [0.05, 0.1) is 12.0 Å². The predicted molar refractivity (Wildman–Crippen MR) is 85.4 cm³/mol. The smallest absolute Gasteiger partial charge is 0.228 e. The zero-order valence-electron chi connectivity index (χ0n) is 12.7. The monoisotopic (exact) mass is 318 g/mol. The third-order valence-corrected chi connectivity index (χ3v) is 5.90. The van der Waals surface area contributed by atoms with E-state index in [2.05, 4.69) is 16.8 Å². The van der Waals surface area contributed by atoms with Crippen LogP contribution in [0.15, 0.2) is 16.8 Å². The number of carbonyl (C=O) groups excluding carboxylic acids is 2. The summed E-state index contributed by atoms with van der Waals surface area (Å²) in [7, 11) is 0. The first-order chi connectivity index (χ1) is 10.7. The molecule has 1 saturated carbocycles. The van der Waals surface area contributed by atoms with Crippen LogP contribution < -0.4 is 0 Å². The highest BCUT2D eigenvalue weighted by molar-refractivity contribution is 7.07. The Morgan fingerprint density at radius 2 is 2.18 bits per heavy atom. The van der Waals surface area contributed by atoms with Crippen molar-refractivity contribution in [3.05, 3.63) is 22.4 Å². The third-order valence-electron chi connectivity index (χ3n) is 5.20. The number of likely N-dealkylation sites (tertiary alicyclic amines) is 2. The molecule has 5 heteroatoms. The fraction of sp³-hybridized carbons (Fsp3) is 0.647. The standard InChI is InChI=1S/C17H22N2O2S/c20-16-8-14(10-18(16)9-12-3-4-12)17(21)19-6-1-2-15(19)13-5-7-22-11-13/h5,7,11-12,14-15H,1-4,6,8-10H2/t14-,15+/m1/s1. The largest absolute Gasteiger partial charge is 0.342 e. The minimum atomic E-state index is -0.120. The summed E-state index contributed by atoms with van der Waals surface area (Å²) in [5.74, 6) is 0.950. The second kappa shape index (κ2) is 5.69. The molecule has 1 aromatic rings. The van der Waals surface area contributed by atoms with E-state index < -0.39 is 0 Å². The Balaban J connectivity index is 1.43. The van der Waals surface area contributed by atoms with Crippen LogP contribution in [0.25, 0.3) is 0 Å². The van der Waals surface area contributed by atoms with Crippen LogP contribution in [0.1, 0.15) is 43.7 Å². The first kappa shape index (κ1) is 14.2. The topological polar surface area (TPSA) is 40.6 Å². The quantitative estimate of drug-likeness (QED) is 0.856. The van der Waals surface area contributed by atoms with Crippen LogP contribution in [-0.2, 0) is 9.59 Å². The number of hydrogen-bond acceptors (Lipinski definition) is 3. The molecular formula is C17H22N2O2S. The van der Waals surface area contributed by atoms with Crippen molar-refractivity contribution >= 4 is 23.2 Å². The zero-order chi connectivity index (χ0) is 15.1. The van der Waals surface area contributed by atoms with E-state index in [4.69, 9.17) is 0 Å². The normalized spacial score (nSPS) is 28.6. The van der Waals surface area contributed by atoms with Gasteiger partial charge in [-0.2, -0.15) is 11.3 Å². The van der Waals surface area contributed by atoms with Crippen molar-refractivity contribution in [1.29, 1.82) is 0 Å². The number of amides is 2.